The molecule has 0 saturated heterocycles. The fourth-order valence-electron chi connectivity index (χ4n) is 1.85. The SMILES string of the molecule is Cc1noc(C)c1CCC(=O)NNC(=O)c1ccccn1. The summed E-state index contributed by atoms with van der Waals surface area (Å²) in [6.07, 6.45) is 2.24. The Labute approximate surface area is 121 Å². The molecule has 2 rings (SSSR count). The minimum absolute atomic E-state index is 0.228. The molecule has 0 fully saturated rings. The van der Waals surface area contributed by atoms with Crippen molar-refractivity contribution in [1.82, 2.24) is 21.0 Å². The molecule has 2 N–H and O–H groups in total. The zero-order valence-corrected chi connectivity index (χ0v) is 11.8. The van der Waals surface area contributed by atoms with Crippen molar-refractivity contribution in [2.24, 2.45) is 0 Å². The fraction of sp³-hybridized carbons (Fsp3) is 0.286. The summed E-state index contributed by atoms with van der Waals surface area (Å²) in [5, 5.41) is 3.82. The maximum atomic E-state index is 11.7. The Bertz CT molecular complexity index is 617. The summed E-state index contributed by atoms with van der Waals surface area (Å²) in [4.78, 5) is 27.3. The van der Waals surface area contributed by atoms with Gasteiger partial charge in [-0.3, -0.25) is 25.4 Å². The van der Waals surface area contributed by atoms with Crippen molar-refractivity contribution in [1.29, 1.82) is 0 Å². The maximum absolute atomic E-state index is 11.7. The molecule has 0 aliphatic rings. The van der Waals surface area contributed by atoms with Crippen LogP contribution in [0.1, 0.15) is 33.9 Å². The summed E-state index contributed by atoms with van der Waals surface area (Å²) in [6, 6.07) is 4.96. The average Bonchev–Trinajstić information content (AvgIpc) is 2.82. The van der Waals surface area contributed by atoms with Gasteiger partial charge in [0, 0.05) is 18.2 Å². The normalized spacial score (nSPS) is 10.2. The lowest BCUT2D eigenvalue weighted by atomic mass is 10.1. The third-order valence-corrected chi connectivity index (χ3v) is 3.00. The number of aromatic nitrogens is 2. The van der Waals surface area contributed by atoms with Gasteiger partial charge in [-0.15, -0.1) is 0 Å². The van der Waals surface area contributed by atoms with Gasteiger partial charge in [-0.05, 0) is 32.4 Å². The van der Waals surface area contributed by atoms with Gasteiger partial charge in [0.1, 0.15) is 11.5 Å². The largest absolute Gasteiger partial charge is 0.361 e. The molecule has 7 nitrogen and oxygen atoms in total. The van der Waals surface area contributed by atoms with Gasteiger partial charge in [-0.25, -0.2) is 0 Å². The van der Waals surface area contributed by atoms with Crippen LogP contribution in [-0.2, 0) is 11.2 Å². The molecule has 0 aliphatic carbocycles. The van der Waals surface area contributed by atoms with Gasteiger partial charge >= 0.3 is 0 Å². The molecule has 0 radical (unpaired) electrons. The number of aryl methyl sites for hydroxylation is 2. The Morgan fingerprint density at radius 3 is 2.67 bits per heavy atom. The van der Waals surface area contributed by atoms with Crippen LogP contribution in [0.15, 0.2) is 28.9 Å². The Morgan fingerprint density at radius 1 is 1.24 bits per heavy atom. The van der Waals surface area contributed by atoms with Crippen molar-refractivity contribution in [3.63, 3.8) is 0 Å². The summed E-state index contributed by atoms with van der Waals surface area (Å²) < 4.78 is 5.02. The highest BCUT2D eigenvalue weighted by molar-refractivity contribution is 5.93. The van der Waals surface area contributed by atoms with Crippen molar-refractivity contribution in [2.75, 3.05) is 0 Å². The lowest BCUT2D eigenvalue weighted by Gasteiger charge is -2.06. The zero-order chi connectivity index (χ0) is 15.2. The monoisotopic (exact) mass is 288 g/mol. The zero-order valence-electron chi connectivity index (χ0n) is 11.8. The Morgan fingerprint density at radius 2 is 2.05 bits per heavy atom. The first-order valence-corrected chi connectivity index (χ1v) is 6.50. The summed E-state index contributed by atoms with van der Waals surface area (Å²) in [5.74, 6) is -0.0432. The minimum Gasteiger partial charge on any atom is -0.361 e. The number of pyridine rings is 1. The number of rotatable bonds is 4. The number of carbonyl (C=O) groups excluding carboxylic acids is 2. The first-order valence-electron chi connectivity index (χ1n) is 6.50. The molecule has 0 unspecified atom stereocenters. The van der Waals surface area contributed by atoms with E-state index in [-0.39, 0.29) is 18.0 Å². The molecule has 0 atom stereocenters. The topological polar surface area (TPSA) is 97.1 Å². The molecule has 2 heterocycles. The number of nitrogens with zero attached hydrogens (tertiary/aromatic N) is 2. The van der Waals surface area contributed by atoms with E-state index in [2.05, 4.69) is 21.0 Å². The Kier molecular flexibility index (Phi) is 4.65. The molecule has 110 valence electrons. The molecular formula is C14H16N4O3. The summed E-state index contributed by atoms with van der Waals surface area (Å²) >= 11 is 0. The van der Waals surface area contributed by atoms with E-state index in [0.29, 0.717) is 12.2 Å². The van der Waals surface area contributed by atoms with E-state index in [4.69, 9.17) is 4.52 Å². The fourth-order valence-corrected chi connectivity index (χ4v) is 1.85. The average molecular weight is 288 g/mol. The van der Waals surface area contributed by atoms with Gasteiger partial charge in [0.25, 0.3) is 5.91 Å². The van der Waals surface area contributed by atoms with Crippen LogP contribution in [0.4, 0.5) is 0 Å². The first-order chi connectivity index (χ1) is 10.1. The molecule has 2 aromatic rings. The molecule has 2 aromatic heterocycles. The molecule has 0 spiro atoms. The van der Waals surface area contributed by atoms with Crippen LogP contribution >= 0.6 is 0 Å². The number of amides is 2. The van der Waals surface area contributed by atoms with Crippen molar-refractivity contribution in [3.05, 3.63) is 47.1 Å². The second kappa shape index (κ2) is 6.65. The van der Waals surface area contributed by atoms with Crippen molar-refractivity contribution in [3.8, 4) is 0 Å². The number of hydrogen-bond donors (Lipinski definition) is 2. The standard InChI is InChI=1S/C14H16N4O3/c1-9-11(10(2)21-18-9)6-7-13(19)16-17-14(20)12-5-3-4-8-15-12/h3-5,8H,6-7H2,1-2H3,(H,16,19)(H,17,20). The summed E-state index contributed by atoms with van der Waals surface area (Å²) in [6.45, 7) is 3.63. The quantitative estimate of drug-likeness (QED) is 0.820. The molecule has 2 amide bonds. The van der Waals surface area contributed by atoms with E-state index in [1.54, 1.807) is 25.1 Å². The van der Waals surface area contributed by atoms with Crippen LogP contribution in [-0.4, -0.2) is 22.0 Å². The molecule has 21 heavy (non-hydrogen) atoms. The second-order valence-electron chi connectivity index (χ2n) is 4.52. The van der Waals surface area contributed by atoms with E-state index in [1.807, 2.05) is 6.92 Å². The maximum Gasteiger partial charge on any atom is 0.288 e. The molecule has 0 bridgehead atoms. The Hall–Kier alpha value is -2.70. The van der Waals surface area contributed by atoms with Crippen LogP contribution in [0.25, 0.3) is 0 Å². The Balaban J connectivity index is 1.79. The molecule has 0 saturated carbocycles. The second-order valence-corrected chi connectivity index (χ2v) is 4.52. The predicted molar refractivity (Wildman–Crippen MR) is 74.1 cm³/mol. The number of hydrazine groups is 1. The first kappa shape index (κ1) is 14.7. The van der Waals surface area contributed by atoms with E-state index in [0.717, 1.165) is 11.3 Å². The van der Waals surface area contributed by atoms with Crippen LogP contribution in [0.2, 0.25) is 0 Å². The van der Waals surface area contributed by atoms with E-state index in [9.17, 15) is 9.59 Å². The minimum atomic E-state index is -0.457. The van der Waals surface area contributed by atoms with Gasteiger partial charge in [-0.2, -0.15) is 0 Å². The third-order valence-electron chi connectivity index (χ3n) is 3.00. The highest BCUT2D eigenvalue weighted by Gasteiger charge is 2.12. The molecule has 0 aliphatic heterocycles. The molecule has 7 heteroatoms. The van der Waals surface area contributed by atoms with Crippen LogP contribution in [0.5, 0.6) is 0 Å². The van der Waals surface area contributed by atoms with E-state index >= 15 is 0 Å². The van der Waals surface area contributed by atoms with Gasteiger partial charge in [0.05, 0.1) is 5.69 Å². The predicted octanol–water partition coefficient (Wildman–Crippen LogP) is 1.08. The number of carbonyl (C=O) groups is 2. The van der Waals surface area contributed by atoms with Gasteiger partial charge in [0.15, 0.2) is 0 Å². The lowest BCUT2D eigenvalue weighted by Crippen LogP contribution is -2.42. The highest BCUT2D eigenvalue weighted by atomic mass is 16.5. The lowest BCUT2D eigenvalue weighted by molar-refractivity contribution is -0.121. The van der Waals surface area contributed by atoms with Gasteiger partial charge in [-0.1, -0.05) is 11.2 Å². The smallest absolute Gasteiger partial charge is 0.288 e. The van der Waals surface area contributed by atoms with E-state index in [1.165, 1.54) is 6.20 Å². The van der Waals surface area contributed by atoms with Crippen LogP contribution in [0.3, 0.4) is 0 Å². The van der Waals surface area contributed by atoms with Gasteiger partial charge in [0.2, 0.25) is 5.91 Å². The number of hydrogen-bond acceptors (Lipinski definition) is 5. The van der Waals surface area contributed by atoms with E-state index < -0.39 is 5.91 Å². The molecule has 0 aromatic carbocycles. The van der Waals surface area contributed by atoms with Crippen molar-refractivity contribution < 1.29 is 14.1 Å². The highest BCUT2D eigenvalue weighted by Crippen LogP contribution is 2.13. The van der Waals surface area contributed by atoms with Crippen molar-refractivity contribution in [2.45, 2.75) is 26.7 Å². The van der Waals surface area contributed by atoms with Crippen LogP contribution in [0, 0.1) is 13.8 Å². The molecular weight excluding hydrogens is 272 g/mol. The van der Waals surface area contributed by atoms with Crippen molar-refractivity contribution >= 4 is 11.8 Å². The van der Waals surface area contributed by atoms with Crippen LogP contribution < -0.4 is 10.9 Å². The van der Waals surface area contributed by atoms with Gasteiger partial charge < -0.3 is 4.52 Å². The summed E-state index contributed by atoms with van der Waals surface area (Å²) in [5.41, 5.74) is 6.60. The third kappa shape index (κ3) is 3.88. The summed E-state index contributed by atoms with van der Waals surface area (Å²) in [7, 11) is 0. The number of nitrogens with one attached hydrogen (secondary N) is 2.